The highest BCUT2D eigenvalue weighted by atomic mass is 35.5. The van der Waals surface area contributed by atoms with Crippen LogP contribution in [0.5, 0.6) is 0 Å². The van der Waals surface area contributed by atoms with E-state index in [4.69, 9.17) is 11.6 Å². The van der Waals surface area contributed by atoms with Gasteiger partial charge in [-0.15, -0.1) is 0 Å². The molecule has 3 aromatic rings. The van der Waals surface area contributed by atoms with E-state index in [1.54, 1.807) is 0 Å². The van der Waals surface area contributed by atoms with Gasteiger partial charge in [-0.25, -0.2) is 0 Å². The third-order valence-corrected chi connectivity index (χ3v) is 3.28. The van der Waals surface area contributed by atoms with Crippen molar-refractivity contribution in [3.05, 3.63) is 71.9 Å². The zero-order valence-electron chi connectivity index (χ0n) is 9.73. The van der Waals surface area contributed by atoms with E-state index in [0.717, 1.165) is 16.3 Å². The summed E-state index contributed by atoms with van der Waals surface area (Å²) in [6, 6.07) is 20.3. The van der Waals surface area contributed by atoms with Crippen molar-refractivity contribution in [3.63, 3.8) is 0 Å². The lowest BCUT2D eigenvalue weighted by Crippen LogP contribution is -1.77. The SMILES string of the molecule is Clc1ccccc1-c1cc(-c2ccccc2)c[nH]1. The maximum absolute atomic E-state index is 6.19. The second kappa shape index (κ2) is 4.71. The first kappa shape index (κ1) is 11.1. The van der Waals surface area contributed by atoms with Crippen molar-refractivity contribution in [3.8, 4) is 22.4 Å². The monoisotopic (exact) mass is 253 g/mol. The van der Waals surface area contributed by atoms with Crippen molar-refractivity contribution >= 4 is 11.6 Å². The molecule has 88 valence electrons. The number of halogens is 1. The molecule has 1 heterocycles. The fourth-order valence-corrected chi connectivity index (χ4v) is 2.26. The minimum atomic E-state index is 0.763. The first-order valence-electron chi connectivity index (χ1n) is 5.83. The smallest absolute Gasteiger partial charge is 0.0499 e. The highest BCUT2D eigenvalue weighted by Crippen LogP contribution is 2.30. The third kappa shape index (κ3) is 2.05. The molecule has 0 spiro atoms. The van der Waals surface area contributed by atoms with Gasteiger partial charge in [-0.3, -0.25) is 0 Å². The van der Waals surface area contributed by atoms with Gasteiger partial charge in [-0.05, 0) is 23.3 Å². The van der Waals surface area contributed by atoms with E-state index < -0.39 is 0 Å². The van der Waals surface area contributed by atoms with Gasteiger partial charge in [0.15, 0.2) is 0 Å². The average Bonchev–Trinajstić information content (AvgIpc) is 2.90. The summed E-state index contributed by atoms with van der Waals surface area (Å²) >= 11 is 6.19. The summed E-state index contributed by atoms with van der Waals surface area (Å²) in [5.41, 5.74) is 4.44. The molecule has 0 saturated carbocycles. The molecule has 0 saturated heterocycles. The Balaban J connectivity index is 2.03. The molecule has 0 fully saturated rings. The number of aromatic nitrogens is 1. The number of hydrogen-bond acceptors (Lipinski definition) is 0. The summed E-state index contributed by atoms with van der Waals surface area (Å²) in [5, 5.41) is 0.763. The summed E-state index contributed by atoms with van der Waals surface area (Å²) in [6.45, 7) is 0. The Kier molecular flexibility index (Phi) is 2.91. The van der Waals surface area contributed by atoms with Crippen molar-refractivity contribution in [2.45, 2.75) is 0 Å². The van der Waals surface area contributed by atoms with E-state index in [1.165, 1.54) is 11.1 Å². The average molecular weight is 254 g/mol. The Hall–Kier alpha value is -1.99. The van der Waals surface area contributed by atoms with Gasteiger partial charge in [0.05, 0.1) is 0 Å². The van der Waals surface area contributed by atoms with Gasteiger partial charge >= 0.3 is 0 Å². The number of aromatic amines is 1. The van der Waals surface area contributed by atoms with E-state index in [0.29, 0.717) is 0 Å². The van der Waals surface area contributed by atoms with Crippen LogP contribution in [0.25, 0.3) is 22.4 Å². The molecular formula is C16H12ClN. The highest BCUT2D eigenvalue weighted by Gasteiger charge is 2.06. The Labute approximate surface area is 111 Å². The topological polar surface area (TPSA) is 15.8 Å². The lowest BCUT2D eigenvalue weighted by atomic mass is 10.1. The molecule has 0 atom stereocenters. The van der Waals surface area contributed by atoms with Crippen LogP contribution in [0.3, 0.4) is 0 Å². The number of nitrogens with one attached hydrogen (secondary N) is 1. The fraction of sp³-hybridized carbons (Fsp3) is 0. The molecule has 2 heteroatoms. The van der Waals surface area contributed by atoms with E-state index in [9.17, 15) is 0 Å². The van der Waals surface area contributed by atoms with Crippen LogP contribution in [-0.4, -0.2) is 4.98 Å². The first-order valence-corrected chi connectivity index (χ1v) is 6.21. The molecule has 0 bridgehead atoms. The van der Waals surface area contributed by atoms with Crippen LogP contribution < -0.4 is 0 Å². The Bertz CT molecular complexity index is 656. The largest absolute Gasteiger partial charge is 0.361 e. The Morgan fingerprint density at radius 1 is 0.778 bits per heavy atom. The molecule has 1 aromatic heterocycles. The maximum atomic E-state index is 6.19. The van der Waals surface area contributed by atoms with Gasteiger partial charge in [-0.1, -0.05) is 60.1 Å². The minimum Gasteiger partial charge on any atom is -0.361 e. The molecule has 3 rings (SSSR count). The molecule has 0 amide bonds. The summed E-state index contributed by atoms with van der Waals surface area (Å²) < 4.78 is 0. The van der Waals surface area contributed by atoms with Crippen LogP contribution >= 0.6 is 11.6 Å². The van der Waals surface area contributed by atoms with Gasteiger partial charge in [0.2, 0.25) is 0 Å². The van der Waals surface area contributed by atoms with Crippen LogP contribution in [0.1, 0.15) is 0 Å². The lowest BCUT2D eigenvalue weighted by Gasteiger charge is -2.00. The molecule has 0 unspecified atom stereocenters. The van der Waals surface area contributed by atoms with E-state index in [-0.39, 0.29) is 0 Å². The number of hydrogen-bond donors (Lipinski definition) is 1. The molecule has 18 heavy (non-hydrogen) atoms. The molecule has 1 N–H and O–H groups in total. The molecule has 0 radical (unpaired) electrons. The predicted octanol–water partition coefficient (Wildman–Crippen LogP) is 5.00. The Morgan fingerprint density at radius 3 is 2.28 bits per heavy atom. The summed E-state index contributed by atoms with van der Waals surface area (Å²) in [7, 11) is 0. The van der Waals surface area contributed by atoms with Crippen LogP contribution in [0, 0.1) is 0 Å². The molecule has 0 aliphatic heterocycles. The van der Waals surface area contributed by atoms with Crippen molar-refractivity contribution in [1.82, 2.24) is 4.98 Å². The van der Waals surface area contributed by atoms with Crippen molar-refractivity contribution in [2.75, 3.05) is 0 Å². The van der Waals surface area contributed by atoms with E-state index >= 15 is 0 Å². The molecule has 1 nitrogen and oxygen atoms in total. The maximum Gasteiger partial charge on any atom is 0.0499 e. The number of H-pyrrole nitrogens is 1. The first-order chi connectivity index (χ1) is 8.84. The van der Waals surface area contributed by atoms with Gasteiger partial charge in [0, 0.05) is 22.5 Å². The van der Waals surface area contributed by atoms with E-state index in [2.05, 4.69) is 23.2 Å². The predicted molar refractivity (Wildman–Crippen MR) is 76.7 cm³/mol. The van der Waals surface area contributed by atoms with Crippen LogP contribution in [0.2, 0.25) is 5.02 Å². The molecule has 2 aromatic carbocycles. The van der Waals surface area contributed by atoms with Crippen molar-refractivity contribution in [1.29, 1.82) is 0 Å². The third-order valence-electron chi connectivity index (χ3n) is 2.95. The highest BCUT2D eigenvalue weighted by molar-refractivity contribution is 6.33. The molecular weight excluding hydrogens is 242 g/mol. The summed E-state index contributed by atoms with van der Waals surface area (Å²) in [6.07, 6.45) is 2.01. The van der Waals surface area contributed by atoms with Crippen molar-refractivity contribution in [2.24, 2.45) is 0 Å². The summed E-state index contributed by atoms with van der Waals surface area (Å²) in [4.78, 5) is 3.28. The van der Waals surface area contributed by atoms with Crippen LogP contribution in [0.4, 0.5) is 0 Å². The number of benzene rings is 2. The van der Waals surface area contributed by atoms with Gasteiger partial charge < -0.3 is 4.98 Å². The second-order valence-electron chi connectivity index (χ2n) is 4.15. The minimum absolute atomic E-state index is 0.763. The Morgan fingerprint density at radius 2 is 1.50 bits per heavy atom. The van der Waals surface area contributed by atoms with Crippen LogP contribution in [0.15, 0.2) is 66.9 Å². The lowest BCUT2D eigenvalue weighted by molar-refractivity contribution is 1.40. The zero-order valence-corrected chi connectivity index (χ0v) is 10.5. The van der Waals surface area contributed by atoms with Gasteiger partial charge in [-0.2, -0.15) is 0 Å². The second-order valence-corrected chi connectivity index (χ2v) is 4.56. The molecule has 0 aliphatic carbocycles. The van der Waals surface area contributed by atoms with Crippen LogP contribution in [-0.2, 0) is 0 Å². The number of rotatable bonds is 2. The standard InChI is InChI=1S/C16H12ClN/c17-15-9-5-4-8-14(15)16-10-13(11-18-16)12-6-2-1-3-7-12/h1-11,18H. The zero-order chi connectivity index (χ0) is 12.4. The van der Waals surface area contributed by atoms with Gasteiger partial charge in [0.25, 0.3) is 0 Å². The summed E-state index contributed by atoms with van der Waals surface area (Å²) in [5.74, 6) is 0. The quantitative estimate of drug-likeness (QED) is 0.661. The van der Waals surface area contributed by atoms with E-state index in [1.807, 2.05) is 48.7 Å². The van der Waals surface area contributed by atoms with Crippen molar-refractivity contribution < 1.29 is 0 Å². The normalized spacial score (nSPS) is 10.5. The fourth-order valence-electron chi connectivity index (χ4n) is 2.03. The van der Waals surface area contributed by atoms with Gasteiger partial charge in [0.1, 0.15) is 0 Å². The molecule has 0 aliphatic rings.